The lowest BCUT2D eigenvalue weighted by Gasteiger charge is -2.03. The zero-order valence-corrected chi connectivity index (χ0v) is 8.25. The fourth-order valence-electron chi connectivity index (χ4n) is 1.30. The molecule has 13 heavy (non-hydrogen) atoms. The van der Waals surface area contributed by atoms with Gasteiger partial charge in [0, 0.05) is 17.8 Å². The molecule has 1 heterocycles. The molecule has 0 fully saturated rings. The quantitative estimate of drug-likeness (QED) is 0.759. The number of aliphatic hydroxyl groups excluding tert-OH is 1. The Hall–Kier alpha value is -0.960. The van der Waals surface area contributed by atoms with Gasteiger partial charge in [-0.3, -0.25) is 0 Å². The monoisotopic (exact) mass is 180 g/mol. The van der Waals surface area contributed by atoms with Crippen molar-refractivity contribution < 1.29 is 5.11 Å². The summed E-state index contributed by atoms with van der Waals surface area (Å²) in [4.78, 5) is 8.58. The summed E-state index contributed by atoms with van der Waals surface area (Å²) in [6.45, 7) is 4.21. The number of hydrogen-bond acceptors (Lipinski definition) is 3. The summed E-state index contributed by atoms with van der Waals surface area (Å²) >= 11 is 0. The average molecular weight is 180 g/mol. The van der Waals surface area contributed by atoms with Gasteiger partial charge in [-0.15, -0.1) is 0 Å². The molecule has 0 unspecified atom stereocenters. The van der Waals surface area contributed by atoms with E-state index in [0.29, 0.717) is 6.42 Å². The number of aromatic nitrogens is 2. The van der Waals surface area contributed by atoms with Gasteiger partial charge in [0.15, 0.2) is 0 Å². The van der Waals surface area contributed by atoms with E-state index in [1.807, 2.05) is 13.0 Å². The Morgan fingerprint density at radius 2 is 2.08 bits per heavy atom. The van der Waals surface area contributed by atoms with Crippen molar-refractivity contribution in [3.63, 3.8) is 0 Å². The van der Waals surface area contributed by atoms with E-state index < -0.39 is 0 Å². The largest absolute Gasteiger partial charge is 0.396 e. The van der Waals surface area contributed by atoms with E-state index in [1.165, 1.54) is 0 Å². The first-order valence-corrected chi connectivity index (χ1v) is 4.70. The van der Waals surface area contributed by atoms with E-state index >= 15 is 0 Å². The molecule has 0 amide bonds. The molecule has 0 aromatic carbocycles. The van der Waals surface area contributed by atoms with E-state index in [1.54, 1.807) is 0 Å². The second-order valence-corrected chi connectivity index (χ2v) is 3.14. The van der Waals surface area contributed by atoms with Crippen molar-refractivity contribution in [1.29, 1.82) is 0 Å². The van der Waals surface area contributed by atoms with Crippen LogP contribution in [0.2, 0.25) is 0 Å². The number of nitrogens with zero attached hydrogens (tertiary/aromatic N) is 2. The van der Waals surface area contributed by atoms with Crippen molar-refractivity contribution >= 4 is 0 Å². The standard InChI is InChI=1S/C10H16N2O/c1-3-4-9-7-8(2)11-10(12-9)5-6-13/h7,13H,3-6H2,1-2H3. The van der Waals surface area contributed by atoms with Crippen molar-refractivity contribution in [3.05, 3.63) is 23.3 Å². The minimum atomic E-state index is 0.120. The van der Waals surface area contributed by atoms with Crippen LogP contribution in [0, 0.1) is 6.92 Å². The molecule has 0 aliphatic heterocycles. The van der Waals surface area contributed by atoms with Gasteiger partial charge in [-0.2, -0.15) is 0 Å². The first-order chi connectivity index (χ1) is 6.26. The highest BCUT2D eigenvalue weighted by Gasteiger charge is 2.00. The highest BCUT2D eigenvalue weighted by molar-refractivity contribution is 5.10. The van der Waals surface area contributed by atoms with Gasteiger partial charge in [-0.05, 0) is 19.4 Å². The van der Waals surface area contributed by atoms with Crippen molar-refractivity contribution in [2.75, 3.05) is 6.61 Å². The van der Waals surface area contributed by atoms with Crippen molar-refractivity contribution in [2.45, 2.75) is 33.1 Å². The fraction of sp³-hybridized carbons (Fsp3) is 0.600. The summed E-state index contributed by atoms with van der Waals surface area (Å²) in [5, 5.41) is 8.75. The van der Waals surface area contributed by atoms with E-state index in [0.717, 1.165) is 30.1 Å². The number of aryl methyl sites for hydroxylation is 2. The molecule has 0 spiro atoms. The van der Waals surface area contributed by atoms with Crippen LogP contribution in [0.15, 0.2) is 6.07 Å². The number of rotatable bonds is 4. The molecule has 1 rings (SSSR count). The lowest BCUT2D eigenvalue weighted by molar-refractivity contribution is 0.296. The fourth-order valence-corrected chi connectivity index (χ4v) is 1.30. The van der Waals surface area contributed by atoms with Crippen LogP contribution in [0.25, 0.3) is 0 Å². The molecule has 0 aliphatic carbocycles. The third-order valence-electron chi connectivity index (χ3n) is 1.80. The molecular weight excluding hydrogens is 164 g/mol. The van der Waals surface area contributed by atoms with Gasteiger partial charge in [0.25, 0.3) is 0 Å². The minimum Gasteiger partial charge on any atom is -0.396 e. The molecule has 1 aromatic rings. The smallest absolute Gasteiger partial charge is 0.131 e. The van der Waals surface area contributed by atoms with Crippen LogP contribution in [-0.4, -0.2) is 21.7 Å². The molecule has 0 atom stereocenters. The van der Waals surface area contributed by atoms with E-state index in [9.17, 15) is 0 Å². The zero-order valence-electron chi connectivity index (χ0n) is 8.25. The number of aliphatic hydroxyl groups is 1. The minimum absolute atomic E-state index is 0.120. The van der Waals surface area contributed by atoms with Gasteiger partial charge in [0.2, 0.25) is 0 Å². The van der Waals surface area contributed by atoms with E-state index in [-0.39, 0.29) is 6.61 Å². The van der Waals surface area contributed by atoms with E-state index in [2.05, 4.69) is 16.9 Å². The molecule has 1 aromatic heterocycles. The second kappa shape index (κ2) is 4.92. The van der Waals surface area contributed by atoms with Gasteiger partial charge < -0.3 is 5.11 Å². The normalized spacial score (nSPS) is 10.4. The Morgan fingerprint density at radius 3 is 2.69 bits per heavy atom. The van der Waals surface area contributed by atoms with Gasteiger partial charge >= 0.3 is 0 Å². The highest BCUT2D eigenvalue weighted by Crippen LogP contribution is 2.03. The molecule has 3 nitrogen and oxygen atoms in total. The SMILES string of the molecule is CCCc1cc(C)nc(CCO)n1. The van der Waals surface area contributed by atoms with Crippen LogP contribution in [-0.2, 0) is 12.8 Å². The lowest BCUT2D eigenvalue weighted by atomic mass is 10.2. The Balaban J connectivity index is 2.83. The van der Waals surface area contributed by atoms with Crippen LogP contribution in [0.4, 0.5) is 0 Å². The summed E-state index contributed by atoms with van der Waals surface area (Å²) < 4.78 is 0. The summed E-state index contributed by atoms with van der Waals surface area (Å²) in [7, 11) is 0. The topological polar surface area (TPSA) is 46.0 Å². The van der Waals surface area contributed by atoms with E-state index in [4.69, 9.17) is 5.11 Å². The molecule has 0 aliphatic rings. The van der Waals surface area contributed by atoms with Gasteiger partial charge in [0.1, 0.15) is 5.82 Å². The predicted octanol–water partition coefficient (Wildman–Crippen LogP) is 1.27. The molecule has 1 N–H and O–H groups in total. The molecule has 3 heteroatoms. The average Bonchev–Trinajstić information content (AvgIpc) is 2.04. The maximum Gasteiger partial charge on any atom is 0.131 e. The summed E-state index contributed by atoms with van der Waals surface area (Å²) in [6.07, 6.45) is 2.63. The molecule has 0 saturated carbocycles. The Kier molecular flexibility index (Phi) is 3.83. The van der Waals surface area contributed by atoms with Gasteiger partial charge in [-0.1, -0.05) is 13.3 Å². The Morgan fingerprint density at radius 1 is 1.31 bits per heavy atom. The van der Waals surface area contributed by atoms with Crippen LogP contribution < -0.4 is 0 Å². The molecule has 0 bridgehead atoms. The van der Waals surface area contributed by atoms with Crippen LogP contribution >= 0.6 is 0 Å². The third-order valence-corrected chi connectivity index (χ3v) is 1.80. The molecular formula is C10H16N2O. The van der Waals surface area contributed by atoms with Crippen LogP contribution in [0.3, 0.4) is 0 Å². The molecule has 0 radical (unpaired) electrons. The van der Waals surface area contributed by atoms with Crippen molar-refractivity contribution in [2.24, 2.45) is 0 Å². The van der Waals surface area contributed by atoms with Crippen molar-refractivity contribution in [3.8, 4) is 0 Å². The Labute approximate surface area is 78.9 Å². The molecule has 0 saturated heterocycles. The first kappa shape index (κ1) is 10.1. The zero-order chi connectivity index (χ0) is 9.68. The summed E-state index contributed by atoms with van der Waals surface area (Å²) in [5.41, 5.74) is 2.07. The number of hydrogen-bond donors (Lipinski definition) is 1. The second-order valence-electron chi connectivity index (χ2n) is 3.14. The van der Waals surface area contributed by atoms with Crippen molar-refractivity contribution in [1.82, 2.24) is 9.97 Å². The third kappa shape index (κ3) is 3.11. The van der Waals surface area contributed by atoms with Crippen LogP contribution in [0.5, 0.6) is 0 Å². The predicted molar refractivity (Wildman–Crippen MR) is 51.6 cm³/mol. The highest BCUT2D eigenvalue weighted by atomic mass is 16.3. The molecule has 72 valence electrons. The van der Waals surface area contributed by atoms with Gasteiger partial charge in [0.05, 0.1) is 6.61 Å². The maximum absolute atomic E-state index is 8.75. The lowest BCUT2D eigenvalue weighted by Crippen LogP contribution is -2.03. The first-order valence-electron chi connectivity index (χ1n) is 4.70. The Bertz CT molecular complexity index is 249. The van der Waals surface area contributed by atoms with Crippen LogP contribution in [0.1, 0.15) is 30.6 Å². The van der Waals surface area contributed by atoms with Gasteiger partial charge in [-0.25, -0.2) is 9.97 Å². The maximum atomic E-state index is 8.75. The summed E-state index contributed by atoms with van der Waals surface area (Å²) in [6, 6.07) is 2.00. The summed E-state index contributed by atoms with van der Waals surface area (Å²) in [5.74, 6) is 0.756.